The van der Waals surface area contributed by atoms with E-state index in [2.05, 4.69) is 17.1 Å². The second-order valence-corrected chi connectivity index (χ2v) is 4.78. The van der Waals surface area contributed by atoms with E-state index in [0.717, 1.165) is 30.3 Å². The summed E-state index contributed by atoms with van der Waals surface area (Å²) in [4.78, 5) is 2.32. The molecule has 0 spiro atoms. The zero-order valence-electron chi connectivity index (χ0n) is 10.7. The molecule has 2 rings (SSSR count). The Morgan fingerprint density at radius 1 is 1.47 bits per heavy atom. The van der Waals surface area contributed by atoms with Crippen LogP contribution in [0, 0.1) is 11.7 Å². The van der Waals surface area contributed by atoms with E-state index in [0.29, 0.717) is 6.54 Å². The number of anilines is 1. The van der Waals surface area contributed by atoms with Crippen LogP contribution in [0.3, 0.4) is 0 Å². The Hall–Kier alpha value is -1.09. The second-order valence-electron chi connectivity index (χ2n) is 4.78. The van der Waals surface area contributed by atoms with Crippen LogP contribution in [0.15, 0.2) is 18.2 Å². The van der Waals surface area contributed by atoms with Crippen molar-refractivity contribution < 1.29 is 4.39 Å². The Labute approximate surface area is 103 Å². The average molecular weight is 236 g/mol. The van der Waals surface area contributed by atoms with Crippen LogP contribution in [0.4, 0.5) is 10.1 Å². The van der Waals surface area contributed by atoms with Gasteiger partial charge in [0.15, 0.2) is 0 Å². The molecule has 1 aliphatic heterocycles. The first-order valence-corrected chi connectivity index (χ1v) is 6.43. The highest BCUT2D eigenvalue weighted by molar-refractivity contribution is 5.55. The molecule has 1 N–H and O–H groups in total. The Bertz CT molecular complexity index is 378. The third kappa shape index (κ3) is 2.60. The third-order valence-electron chi connectivity index (χ3n) is 3.65. The van der Waals surface area contributed by atoms with E-state index in [-0.39, 0.29) is 5.82 Å². The van der Waals surface area contributed by atoms with Crippen LogP contribution in [0.25, 0.3) is 0 Å². The van der Waals surface area contributed by atoms with Gasteiger partial charge in [-0.15, -0.1) is 0 Å². The van der Waals surface area contributed by atoms with Crippen LogP contribution in [-0.2, 0) is 6.54 Å². The molecule has 2 nitrogen and oxygen atoms in total. The second kappa shape index (κ2) is 5.50. The van der Waals surface area contributed by atoms with Crippen LogP contribution in [-0.4, -0.2) is 20.1 Å². The molecule has 3 heteroatoms. The largest absolute Gasteiger partial charge is 0.371 e. The lowest BCUT2D eigenvalue weighted by atomic mass is 10.1. The SMILES string of the molecule is CCC1CCN(c2cccc(F)c2CNC)C1. The van der Waals surface area contributed by atoms with E-state index in [4.69, 9.17) is 0 Å². The van der Waals surface area contributed by atoms with E-state index >= 15 is 0 Å². The Morgan fingerprint density at radius 3 is 2.94 bits per heavy atom. The fourth-order valence-corrected chi connectivity index (χ4v) is 2.58. The molecular weight excluding hydrogens is 215 g/mol. The molecule has 0 aromatic heterocycles. The normalized spacial score (nSPS) is 19.9. The number of hydrogen-bond acceptors (Lipinski definition) is 2. The summed E-state index contributed by atoms with van der Waals surface area (Å²) in [6.07, 6.45) is 2.44. The van der Waals surface area contributed by atoms with Crippen molar-refractivity contribution in [2.45, 2.75) is 26.3 Å². The van der Waals surface area contributed by atoms with Crippen molar-refractivity contribution in [3.8, 4) is 0 Å². The summed E-state index contributed by atoms with van der Waals surface area (Å²) < 4.78 is 13.8. The molecule has 1 aromatic rings. The molecule has 0 bridgehead atoms. The highest BCUT2D eigenvalue weighted by atomic mass is 19.1. The first kappa shape index (κ1) is 12.4. The third-order valence-corrected chi connectivity index (χ3v) is 3.65. The van der Waals surface area contributed by atoms with Gasteiger partial charge < -0.3 is 10.2 Å². The lowest BCUT2D eigenvalue weighted by Crippen LogP contribution is -2.22. The van der Waals surface area contributed by atoms with Gasteiger partial charge in [-0.1, -0.05) is 19.4 Å². The van der Waals surface area contributed by atoms with Gasteiger partial charge in [-0.25, -0.2) is 4.39 Å². The number of hydrogen-bond donors (Lipinski definition) is 1. The summed E-state index contributed by atoms with van der Waals surface area (Å²) >= 11 is 0. The smallest absolute Gasteiger partial charge is 0.129 e. The topological polar surface area (TPSA) is 15.3 Å². The monoisotopic (exact) mass is 236 g/mol. The molecule has 1 fully saturated rings. The van der Waals surface area contributed by atoms with E-state index in [1.54, 1.807) is 6.07 Å². The van der Waals surface area contributed by atoms with Gasteiger partial charge in [0.1, 0.15) is 5.82 Å². The summed E-state index contributed by atoms with van der Waals surface area (Å²) in [5, 5.41) is 3.05. The number of nitrogens with zero attached hydrogens (tertiary/aromatic N) is 1. The van der Waals surface area contributed by atoms with Gasteiger partial charge in [-0.3, -0.25) is 0 Å². The maximum Gasteiger partial charge on any atom is 0.129 e. The lowest BCUT2D eigenvalue weighted by molar-refractivity contribution is 0.568. The molecule has 0 saturated carbocycles. The first-order chi connectivity index (χ1) is 8.26. The molecule has 1 unspecified atom stereocenters. The summed E-state index contributed by atoms with van der Waals surface area (Å²) in [5.74, 6) is 0.664. The molecule has 94 valence electrons. The molecule has 17 heavy (non-hydrogen) atoms. The number of benzene rings is 1. The molecule has 1 atom stereocenters. The van der Waals surface area contributed by atoms with Gasteiger partial charge in [0.2, 0.25) is 0 Å². The van der Waals surface area contributed by atoms with Crippen LogP contribution in [0.1, 0.15) is 25.3 Å². The Kier molecular flexibility index (Phi) is 4.00. The summed E-state index contributed by atoms with van der Waals surface area (Å²) in [6.45, 7) is 4.94. The quantitative estimate of drug-likeness (QED) is 0.864. The molecule has 0 amide bonds. The standard InChI is InChI=1S/C14H21FN2/c1-3-11-7-8-17(10-11)14-6-4-5-13(15)12(14)9-16-2/h4-6,11,16H,3,7-10H2,1-2H3. The Balaban J connectivity index is 2.23. The minimum atomic E-state index is -0.100. The van der Waals surface area contributed by atoms with Gasteiger partial charge in [-0.2, -0.15) is 0 Å². The van der Waals surface area contributed by atoms with E-state index < -0.39 is 0 Å². The van der Waals surface area contributed by atoms with Crippen LogP contribution in [0.2, 0.25) is 0 Å². The fraction of sp³-hybridized carbons (Fsp3) is 0.571. The van der Waals surface area contributed by atoms with Crippen molar-refractivity contribution in [2.24, 2.45) is 5.92 Å². The molecule has 1 aromatic carbocycles. The summed E-state index contributed by atoms with van der Waals surface area (Å²) in [7, 11) is 1.86. The van der Waals surface area contributed by atoms with E-state index in [1.165, 1.54) is 12.8 Å². The predicted octanol–water partition coefficient (Wildman–Crippen LogP) is 2.78. The minimum absolute atomic E-state index is 0.100. The van der Waals surface area contributed by atoms with Crippen molar-refractivity contribution in [3.63, 3.8) is 0 Å². The van der Waals surface area contributed by atoms with Crippen molar-refractivity contribution in [1.82, 2.24) is 5.32 Å². The van der Waals surface area contributed by atoms with Gasteiger partial charge >= 0.3 is 0 Å². The van der Waals surface area contributed by atoms with Crippen molar-refractivity contribution in [3.05, 3.63) is 29.6 Å². The minimum Gasteiger partial charge on any atom is -0.371 e. The lowest BCUT2D eigenvalue weighted by Gasteiger charge is -2.22. The molecule has 0 aliphatic carbocycles. The maximum absolute atomic E-state index is 13.8. The summed E-state index contributed by atoms with van der Waals surface area (Å²) in [5.41, 5.74) is 1.86. The maximum atomic E-state index is 13.8. The first-order valence-electron chi connectivity index (χ1n) is 6.43. The summed E-state index contributed by atoms with van der Waals surface area (Å²) in [6, 6.07) is 5.39. The average Bonchev–Trinajstić information content (AvgIpc) is 2.80. The van der Waals surface area contributed by atoms with E-state index in [1.807, 2.05) is 19.2 Å². The van der Waals surface area contributed by atoms with Gasteiger partial charge in [0, 0.05) is 30.9 Å². The van der Waals surface area contributed by atoms with Crippen molar-refractivity contribution >= 4 is 5.69 Å². The highest BCUT2D eigenvalue weighted by Gasteiger charge is 2.23. The zero-order chi connectivity index (χ0) is 12.3. The fourth-order valence-electron chi connectivity index (χ4n) is 2.58. The molecule has 1 saturated heterocycles. The highest BCUT2D eigenvalue weighted by Crippen LogP contribution is 2.29. The van der Waals surface area contributed by atoms with Crippen molar-refractivity contribution in [1.29, 1.82) is 0 Å². The van der Waals surface area contributed by atoms with Crippen molar-refractivity contribution in [2.75, 3.05) is 25.0 Å². The van der Waals surface area contributed by atoms with Gasteiger partial charge in [0.25, 0.3) is 0 Å². The molecular formula is C14H21FN2. The molecule has 0 radical (unpaired) electrons. The van der Waals surface area contributed by atoms with Crippen LogP contribution in [0.5, 0.6) is 0 Å². The number of halogens is 1. The Morgan fingerprint density at radius 2 is 2.29 bits per heavy atom. The van der Waals surface area contributed by atoms with Crippen LogP contribution >= 0.6 is 0 Å². The van der Waals surface area contributed by atoms with E-state index in [9.17, 15) is 4.39 Å². The van der Waals surface area contributed by atoms with Gasteiger partial charge in [0.05, 0.1) is 0 Å². The zero-order valence-corrected chi connectivity index (χ0v) is 10.7. The molecule has 1 aliphatic rings. The van der Waals surface area contributed by atoms with Gasteiger partial charge in [-0.05, 0) is 31.5 Å². The number of rotatable bonds is 4. The predicted molar refractivity (Wildman–Crippen MR) is 69.8 cm³/mol. The number of nitrogens with one attached hydrogen (secondary N) is 1. The molecule has 1 heterocycles. The van der Waals surface area contributed by atoms with Crippen LogP contribution < -0.4 is 10.2 Å².